The Morgan fingerprint density at radius 1 is 1.40 bits per heavy atom. The fraction of sp³-hybridized carbons (Fsp3) is 0.727. The molecule has 0 heterocycles. The summed E-state index contributed by atoms with van der Waals surface area (Å²) < 4.78 is 5.98. The van der Waals surface area contributed by atoms with Crippen molar-refractivity contribution in [3.05, 3.63) is 12.2 Å². The molecule has 0 aliphatic rings. The Labute approximate surface area is 110 Å². The number of halogens is 1. The van der Waals surface area contributed by atoms with Gasteiger partial charge in [0.25, 0.3) is 0 Å². The third-order valence-corrected chi connectivity index (χ3v) is 1.99. The van der Waals surface area contributed by atoms with Crippen LogP contribution in [0.3, 0.4) is 0 Å². The smallest absolute Gasteiger partial charge is 0.337 e. The number of carbonyl (C=O) groups excluding carboxylic acids is 1. The first-order chi connectivity index (χ1) is 6.29. The first kappa shape index (κ1) is 17.3. The minimum Gasteiger partial charge on any atom is -1.00 e. The summed E-state index contributed by atoms with van der Waals surface area (Å²) in [5.74, 6) is -0.295. The summed E-state index contributed by atoms with van der Waals surface area (Å²) in [7, 11) is 6.06. The highest BCUT2D eigenvalue weighted by Crippen LogP contribution is 2.13. The fourth-order valence-corrected chi connectivity index (χ4v) is 1.08. The van der Waals surface area contributed by atoms with Crippen molar-refractivity contribution < 1.29 is 38.0 Å². The second kappa shape index (κ2) is 7.22. The Bertz CT molecular complexity index is 221. The highest BCUT2D eigenvalue weighted by molar-refractivity contribution is 5.86. The summed E-state index contributed by atoms with van der Waals surface area (Å²) >= 11 is 0. The normalized spacial score (nSPS) is 12.6. The zero-order valence-corrected chi connectivity index (χ0v) is 12.5. The number of hydrogen-bond donors (Lipinski definition) is 0. The van der Waals surface area contributed by atoms with Crippen LogP contribution in [-0.2, 0) is 9.53 Å². The molecule has 0 spiro atoms. The van der Waals surface area contributed by atoms with Crippen molar-refractivity contribution in [1.82, 2.24) is 0 Å². The zero-order valence-electron chi connectivity index (χ0n) is 10.3. The number of esters is 1. The number of carbonyl (C=O) groups is 1. The van der Waals surface area contributed by atoms with Gasteiger partial charge in [-0.1, -0.05) is 13.5 Å². The van der Waals surface area contributed by atoms with Gasteiger partial charge in [-0.15, -0.1) is 0 Å². The van der Waals surface area contributed by atoms with Gasteiger partial charge in [-0.2, -0.15) is 0 Å². The van der Waals surface area contributed by atoms with Crippen LogP contribution in [0.4, 0.5) is 0 Å². The lowest BCUT2D eigenvalue weighted by Gasteiger charge is -2.32. The summed E-state index contributed by atoms with van der Waals surface area (Å²) in [6.07, 6.45) is 1.80. The molecule has 3 nitrogen and oxygen atoms in total. The van der Waals surface area contributed by atoms with Gasteiger partial charge in [0.15, 0.2) is 0 Å². The van der Waals surface area contributed by atoms with Crippen LogP contribution in [0.5, 0.6) is 0 Å². The van der Waals surface area contributed by atoms with Gasteiger partial charge in [-0.3, -0.25) is 4.48 Å². The van der Waals surface area contributed by atoms with Crippen LogP contribution in [0.1, 0.15) is 26.7 Å². The molecule has 1 unspecified atom stereocenters. The molecular weight excluding hydrogens is 305 g/mol. The first-order valence-electron chi connectivity index (χ1n) is 4.96. The maximum atomic E-state index is 11.3. The molecule has 0 saturated heterocycles. The van der Waals surface area contributed by atoms with Gasteiger partial charge in [0.1, 0.15) is 0 Å². The van der Waals surface area contributed by atoms with Crippen molar-refractivity contribution in [3.8, 4) is 0 Å². The summed E-state index contributed by atoms with van der Waals surface area (Å²) in [5, 5.41) is 0. The Balaban J connectivity index is 0. The van der Waals surface area contributed by atoms with E-state index in [4.69, 9.17) is 4.74 Å². The molecule has 0 N–H and O–H groups in total. The van der Waals surface area contributed by atoms with Crippen molar-refractivity contribution in [2.24, 2.45) is 0 Å². The summed E-state index contributed by atoms with van der Waals surface area (Å²) in [6.45, 7) is 7.32. The highest BCUT2D eigenvalue weighted by Gasteiger charge is 2.26. The predicted octanol–water partition coefficient (Wildman–Crippen LogP) is -1.06. The number of rotatable bonds is 5. The van der Waals surface area contributed by atoms with E-state index in [9.17, 15) is 4.79 Å². The summed E-state index contributed by atoms with van der Waals surface area (Å²) in [6, 6.07) is 0. The molecular formula is C11H22INO2. The van der Waals surface area contributed by atoms with E-state index < -0.39 is 0 Å². The Kier molecular flexibility index (Phi) is 8.33. The highest BCUT2D eigenvalue weighted by atomic mass is 127. The topological polar surface area (TPSA) is 26.3 Å². The quantitative estimate of drug-likeness (QED) is 0.212. The molecule has 0 saturated carbocycles. The molecule has 0 aromatic carbocycles. The van der Waals surface area contributed by atoms with Crippen LogP contribution in [0, 0.1) is 0 Å². The van der Waals surface area contributed by atoms with Crippen molar-refractivity contribution in [2.75, 3.05) is 21.1 Å². The monoisotopic (exact) mass is 327 g/mol. The number of ether oxygens (including phenoxy) is 1. The average Bonchev–Trinajstić information content (AvgIpc) is 2.01. The minimum atomic E-state index is -0.295. The van der Waals surface area contributed by atoms with Crippen molar-refractivity contribution >= 4 is 5.97 Å². The molecule has 0 aromatic rings. The number of quaternary nitrogens is 1. The van der Waals surface area contributed by atoms with Gasteiger partial charge < -0.3 is 28.7 Å². The maximum absolute atomic E-state index is 11.3. The molecule has 15 heavy (non-hydrogen) atoms. The fourth-order valence-electron chi connectivity index (χ4n) is 1.08. The molecule has 0 aliphatic carbocycles. The SMILES string of the molecule is C=C(C)C(=O)OC(CCC)[N+](C)(C)C.[I-]. The first-order valence-corrected chi connectivity index (χ1v) is 4.96. The molecule has 4 heteroatoms. The third kappa shape index (κ3) is 6.89. The van der Waals surface area contributed by atoms with Crippen LogP contribution in [-0.4, -0.2) is 37.8 Å². The lowest BCUT2D eigenvalue weighted by atomic mass is 10.2. The molecule has 1 atom stereocenters. The predicted molar refractivity (Wildman–Crippen MR) is 57.6 cm³/mol. The van der Waals surface area contributed by atoms with E-state index in [1.807, 2.05) is 21.1 Å². The lowest BCUT2D eigenvalue weighted by molar-refractivity contribution is -0.917. The van der Waals surface area contributed by atoms with Crippen LogP contribution >= 0.6 is 0 Å². The van der Waals surface area contributed by atoms with Crippen LogP contribution in [0.15, 0.2) is 12.2 Å². The molecule has 0 fully saturated rings. The largest absolute Gasteiger partial charge is 1.00 e. The second-order valence-electron chi connectivity index (χ2n) is 4.55. The van der Waals surface area contributed by atoms with Gasteiger partial charge in [0, 0.05) is 12.0 Å². The third-order valence-electron chi connectivity index (χ3n) is 1.99. The van der Waals surface area contributed by atoms with Crippen LogP contribution in [0.2, 0.25) is 0 Å². The van der Waals surface area contributed by atoms with E-state index in [0.29, 0.717) is 10.1 Å². The zero-order chi connectivity index (χ0) is 11.4. The molecule has 0 rings (SSSR count). The van der Waals surface area contributed by atoms with Crippen molar-refractivity contribution in [1.29, 1.82) is 0 Å². The molecule has 0 aromatic heterocycles. The van der Waals surface area contributed by atoms with E-state index in [1.54, 1.807) is 6.92 Å². The van der Waals surface area contributed by atoms with E-state index >= 15 is 0 Å². The van der Waals surface area contributed by atoms with E-state index in [2.05, 4.69) is 13.5 Å². The summed E-state index contributed by atoms with van der Waals surface area (Å²) in [4.78, 5) is 11.3. The molecule has 0 bridgehead atoms. The van der Waals surface area contributed by atoms with Crippen LogP contribution in [0.25, 0.3) is 0 Å². The van der Waals surface area contributed by atoms with Gasteiger partial charge >= 0.3 is 5.97 Å². The summed E-state index contributed by atoms with van der Waals surface area (Å²) in [5.41, 5.74) is 0.458. The van der Waals surface area contributed by atoms with Crippen LogP contribution < -0.4 is 24.0 Å². The molecule has 0 amide bonds. The Hall–Kier alpha value is -0.100. The molecule has 0 radical (unpaired) electrons. The minimum absolute atomic E-state index is 0. The Morgan fingerprint density at radius 3 is 2.13 bits per heavy atom. The van der Waals surface area contributed by atoms with Gasteiger partial charge in [0.05, 0.1) is 21.1 Å². The lowest BCUT2D eigenvalue weighted by Crippen LogP contribution is -3.00. The molecule has 0 aliphatic heterocycles. The molecule has 90 valence electrons. The van der Waals surface area contributed by atoms with E-state index in [0.717, 1.165) is 12.8 Å². The standard InChI is InChI=1S/C11H22NO2.HI/c1-7-8-10(12(4,5)6)14-11(13)9(2)3;/h10H,2,7-8H2,1,3-6H3;1H/q+1;/p-1. The van der Waals surface area contributed by atoms with E-state index in [1.165, 1.54) is 0 Å². The van der Waals surface area contributed by atoms with Crippen molar-refractivity contribution in [2.45, 2.75) is 32.9 Å². The van der Waals surface area contributed by atoms with E-state index in [-0.39, 0.29) is 36.2 Å². The maximum Gasteiger partial charge on any atom is 0.337 e. The average molecular weight is 327 g/mol. The van der Waals surface area contributed by atoms with Gasteiger partial charge in [0.2, 0.25) is 6.23 Å². The second-order valence-corrected chi connectivity index (χ2v) is 4.55. The number of hydrogen-bond acceptors (Lipinski definition) is 2. The van der Waals surface area contributed by atoms with Crippen molar-refractivity contribution in [3.63, 3.8) is 0 Å². The van der Waals surface area contributed by atoms with Gasteiger partial charge in [-0.25, -0.2) is 4.79 Å². The Morgan fingerprint density at radius 2 is 1.87 bits per heavy atom. The number of nitrogens with zero attached hydrogens (tertiary/aromatic N) is 1. The van der Waals surface area contributed by atoms with Gasteiger partial charge in [-0.05, 0) is 13.3 Å².